The van der Waals surface area contributed by atoms with Crippen LogP contribution in [0.4, 0.5) is 0 Å². The maximum absolute atomic E-state index is 11.9. The topological polar surface area (TPSA) is 69.1 Å². The quantitative estimate of drug-likeness (QED) is 0.614. The Morgan fingerprint density at radius 3 is 3.12 bits per heavy atom. The van der Waals surface area contributed by atoms with Crippen LogP contribution in [0.1, 0.15) is 24.0 Å². The summed E-state index contributed by atoms with van der Waals surface area (Å²) in [6.07, 6.45) is 2.17. The molecule has 7 heteroatoms. The zero-order valence-electron chi connectivity index (χ0n) is 14.1. The molecule has 6 nitrogen and oxygen atoms in total. The maximum atomic E-state index is 11.9. The van der Waals surface area contributed by atoms with Crippen LogP contribution in [0.3, 0.4) is 0 Å². The van der Waals surface area contributed by atoms with Crippen molar-refractivity contribution in [2.24, 2.45) is 0 Å². The Morgan fingerprint density at radius 1 is 1.46 bits per heavy atom. The van der Waals surface area contributed by atoms with E-state index in [9.17, 15) is 4.79 Å². The normalized spacial score (nSPS) is 17.3. The molecule has 0 amide bonds. The molecule has 24 heavy (non-hydrogen) atoms. The summed E-state index contributed by atoms with van der Waals surface area (Å²) in [6.45, 7) is 6.00. The fourth-order valence-electron chi connectivity index (χ4n) is 2.71. The van der Waals surface area contributed by atoms with E-state index in [-0.39, 0.29) is 11.8 Å². The van der Waals surface area contributed by atoms with Gasteiger partial charge in [0.25, 0.3) is 0 Å². The van der Waals surface area contributed by atoms with Crippen LogP contribution in [-0.2, 0) is 11.3 Å². The summed E-state index contributed by atoms with van der Waals surface area (Å²) in [7, 11) is 0. The van der Waals surface area contributed by atoms with Gasteiger partial charge in [-0.05, 0) is 43.9 Å². The number of H-pyrrole nitrogens is 1. The highest BCUT2D eigenvalue weighted by molar-refractivity contribution is 7.99. The highest BCUT2D eigenvalue weighted by atomic mass is 32.2. The van der Waals surface area contributed by atoms with Crippen molar-refractivity contribution in [2.45, 2.75) is 44.5 Å². The SMILES string of the molecule is Cc1ccc(C)c(OCCSc2n[nH]c(=O)n2C[C@H]2CCCO2)c1. The predicted octanol–water partition coefficient (Wildman–Crippen LogP) is 2.54. The van der Waals surface area contributed by atoms with Crippen LogP contribution in [0.25, 0.3) is 0 Å². The first-order valence-electron chi connectivity index (χ1n) is 8.23. The highest BCUT2D eigenvalue weighted by Crippen LogP contribution is 2.21. The molecule has 1 fully saturated rings. The molecule has 1 atom stereocenters. The van der Waals surface area contributed by atoms with Crippen molar-refractivity contribution < 1.29 is 9.47 Å². The molecular weight excluding hydrogens is 326 g/mol. The van der Waals surface area contributed by atoms with Gasteiger partial charge in [-0.15, -0.1) is 5.10 Å². The molecular formula is C17H23N3O3S. The molecule has 3 rings (SSSR count). The zero-order chi connectivity index (χ0) is 16.9. The van der Waals surface area contributed by atoms with Gasteiger partial charge >= 0.3 is 5.69 Å². The highest BCUT2D eigenvalue weighted by Gasteiger charge is 2.19. The lowest BCUT2D eigenvalue weighted by molar-refractivity contribution is 0.0941. The second-order valence-electron chi connectivity index (χ2n) is 6.02. The first kappa shape index (κ1) is 17.1. The molecule has 0 saturated carbocycles. The van der Waals surface area contributed by atoms with Crippen LogP contribution >= 0.6 is 11.8 Å². The van der Waals surface area contributed by atoms with Gasteiger partial charge in [0.05, 0.1) is 19.3 Å². The van der Waals surface area contributed by atoms with Crippen molar-refractivity contribution in [3.63, 3.8) is 0 Å². The Labute approximate surface area is 145 Å². The van der Waals surface area contributed by atoms with E-state index in [1.165, 1.54) is 17.3 Å². The van der Waals surface area contributed by atoms with Crippen LogP contribution in [0.2, 0.25) is 0 Å². The molecule has 1 aromatic carbocycles. The lowest BCUT2D eigenvalue weighted by Gasteiger charge is -2.12. The van der Waals surface area contributed by atoms with Crippen molar-refractivity contribution in [3.8, 4) is 5.75 Å². The molecule has 0 spiro atoms. The second kappa shape index (κ2) is 7.90. The monoisotopic (exact) mass is 349 g/mol. The molecule has 2 aromatic rings. The van der Waals surface area contributed by atoms with Gasteiger partial charge in [-0.1, -0.05) is 23.9 Å². The van der Waals surface area contributed by atoms with E-state index in [1.54, 1.807) is 4.57 Å². The second-order valence-corrected chi connectivity index (χ2v) is 7.08. The first-order chi connectivity index (χ1) is 11.6. The predicted molar refractivity (Wildman–Crippen MR) is 94.0 cm³/mol. The number of hydrogen-bond donors (Lipinski definition) is 1. The summed E-state index contributed by atoms with van der Waals surface area (Å²) >= 11 is 1.52. The van der Waals surface area contributed by atoms with E-state index in [2.05, 4.69) is 29.3 Å². The number of rotatable bonds is 7. The summed E-state index contributed by atoms with van der Waals surface area (Å²) < 4.78 is 13.1. The van der Waals surface area contributed by atoms with Crippen molar-refractivity contribution in [1.29, 1.82) is 0 Å². The van der Waals surface area contributed by atoms with Gasteiger partial charge in [0.15, 0.2) is 5.16 Å². The molecule has 0 radical (unpaired) electrons. The number of ether oxygens (including phenoxy) is 2. The minimum Gasteiger partial charge on any atom is -0.492 e. The van der Waals surface area contributed by atoms with E-state index in [1.807, 2.05) is 13.0 Å². The maximum Gasteiger partial charge on any atom is 0.344 e. The minimum atomic E-state index is -0.177. The molecule has 0 aliphatic carbocycles. The average Bonchev–Trinajstić information content (AvgIpc) is 3.19. The Hall–Kier alpha value is -1.73. The summed E-state index contributed by atoms with van der Waals surface area (Å²) in [4.78, 5) is 11.9. The molecule has 1 aliphatic rings. The Balaban J connectivity index is 1.53. The van der Waals surface area contributed by atoms with Crippen LogP contribution < -0.4 is 10.4 Å². The average molecular weight is 349 g/mol. The summed E-state index contributed by atoms with van der Waals surface area (Å²) in [5, 5.41) is 7.33. The van der Waals surface area contributed by atoms with Crippen molar-refractivity contribution in [1.82, 2.24) is 14.8 Å². The van der Waals surface area contributed by atoms with Crippen molar-refractivity contribution in [3.05, 3.63) is 39.8 Å². The van der Waals surface area contributed by atoms with Crippen LogP contribution in [-0.4, -0.2) is 39.8 Å². The largest absolute Gasteiger partial charge is 0.492 e. The van der Waals surface area contributed by atoms with Crippen LogP contribution in [0.15, 0.2) is 28.2 Å². The van der Waals surface area contributed by atoms with E-state index in [4.69, 9.17) is 9.47 Å². The van der Waals surface area contributed by atoms with Crippen LogP contribution in [0, 0.1) is 13.8 Å². The smallest absolute Gasteiger partial charge is 0.344 e. The van der Waals surface area contributed by atoms with Gasteiger partial charge in [0.1, 0.15) is 5.75 Å². The molecule has 0 unspecified atom stereocenters. The van der Waals surface area contributed by atoms with Crippen molar-refractivity contribution in [2.75, 3.05) is 19.0 Å². The lowest BCUT2D eigenvalue weighted by atomic mass is 10.1. The van der Waals surface area contributed by atoms with Gasteiger partial charge in [0.2, 0.25) is 0 Å². The van der Waals surface area contributed by atoms with Gasteiger partial charge in [0, 0.05) is 12.4 Å². The number of aromatic amines is 1. The van der Waals surface area contributed by atoms with E-state index >= 15 is 0 Å². The van der Waals surface area contributed by atoms with Crippen LogP contribution in [0.5, 0.6) is 5.75 Å². The molecule has 2 heterocycles. The zero-order valence-corrected chi connectivity index (χ0v) is 14.9. The number of aryl methyl sites for hydroxylation is 2. The molecule has 1 saturated heterocycles. The Morgan fingerprint density at radius 2 is 2.33 bits per heavy atom. The first-order valence-corrected chi connectivity index (χ1v) is 9.21. The van der Waals surface area contributed by atoms with Gasteiger partial charge in [-0.3, -0.25) is 4.57 Å². The summed E-state index contributed by atoms with van der Waals surface area (Å²) in [5.74, 6) is 1.64. The Bertz CT molecular complexity index is 735. The van der Waals surface area contributed by atoms with Crippen molar-refractivity contribution >= 4 is 11.8 Å². The molecule has 1 aliphatic heterocycles. The molecule has 0 bridgehead atoms. The van der Waals surface area contributed by atoms with Gasteiger partial charge in [-0.25, -0.2) is 9.89 Å². The number of thioether (sulfide) groups is 1. The number of nitrogens with one attached hydrogen (secondary N) is 1. The molecule has 1 aromatic heterocycles. The standard InChI is InChI=1S/C17H23N3O3S/c1-12-5-6-13(2)15(10-12)23-8-9-24-17-19-18-16(21)20(17)11-14-4-3-7-22-14/h5-6,10,14H,3-4,7-9,11H2,1-2H3,(H,18,21)/t14-/m1/s1. The van der Waals surface area contributed by atoms with E-state index < -0.39 is 0 Å². The third-order valence-electron chi connectivity index (χ3n) is 4.05. The number of benzene rings is 1. The Kier molecular flexibility index (Phi) is 5.63. The fraction of sp³-hybridized carbons (Fsp3) is 0.529. The minimum absolute atomic E-state index is 0.117. The summed E-state index contributed by atoms with van der Waals surface area (Å²) in [6, 6.07) is 6.18. The number of nitrogens with zero attached hydrogens (tertiary/aromatic N) is 2. The number of aromatic nitrogens is 3. The van der Waals surface area contributed by atoms with Gasteiger partial charge < -0.3 is 9.47 Å². The van der Waals surface area contributed by atoms with E-state index in [0.29, 0.717) is 18.3 Å². The molecule has 1 N–H and O–H groups in total. The fourth-order valence-corrected chi connectivity index (χ4v) is 3.49. The van der Waals surface area contributed by atoms with Gasteiger partial charge in [-0.2, -0.15) is 0 Å². The van der Waals surface area contributed by atoms with E-state index in [0.717, 1.165) is 36.5 Å². The number of hydrogen-bond acceptors (Lipinski definition) is 5. The molecule has 130 valence electrons. The third kappa shape index (κ3) is 4.21. The third-order valence-corrected chi connectivity index (χ3v) is 4.99. The lowest BCUT2D eigenvalue weighted by Crippen LogP contribution is -2.25. The summed E-state index contributed by atoms with van der Waals surface area (Å²) in [5.41, 5.74) is 2.13.